The number of aryl methyl sites for hydroxylation is 1. The van der Waals surface area contributed by atoms with Gasteiger partial charge in [0.1, 0.15) is 17.2 Å². The Morgan fingerprint density at radius 1 is 1.00 bits per heavy atom. The van der Waals surface area contributed by atoms with E-state index in [9.17, 15) is 4.79 Å². The maximum atomic E-state index is 12.1. The monoisotopic (exact) mass is 366 g/mol. The quantitative estimate of drug-likeness (QED) is 0.659. The molecule has 140 valence electrons. The van der Waals surface area contributed by atoms with E-state index < -0.39 is 0 Å². The standard InChI is InChI=1S/C21H22N2O4/c1-25-18-8-3-15(4-9-18)5-12-21(24)22-14-17-13-20(27-23-17)16-6-10-19(26-2)11-7-16/h3-4,6-11,13H,5,12,14H2,1-2H3,(H,22,24). The molecule has 0 saturated carbocycles. The van der Waals surface area contributed by atoms with E-state index in [0.29, 0.717) is 30.8 Å². The first kappa shape index (κ1) is 18.5. The van der Waals surface area contributed by atoms with Crippen LogP contribution in [0, 0.1) is 0 Å². The van der Waals surface area contributed by atoms with Gasteiger partial charge in [-0.3, -0.25) is 4.79 Å². The predicted molar refractivity (Wildman–Crippen MR) is 102 cm³/mol. The third kappa shape index (κ3) is 5.10. The minimum atomic E-state index is -0.0279. The van der Waals surface area contributed by atoms with Crippen LogP contribution in [0.3, 0.4) is 0 Å². The zero-order valence-corrected chi connectivity index (χ0v) is 15.4. The number of benzene rings is 2. The van der Waals surface area contributed by atoms with Crippen molar-refractivity contribution in [3.63, 3.8) is 0 Å². The Labute approximate surface area is 158 Å². The average molecular weight is 366 g/mol. The van der Waals surface area contributed by atoms with E-state index in [2.05, 4.69) is 10.5 Å². The van der Waals surface area contributed by atoms with Crippen molar-refractivity contribution in [3.8, 4) is 22.8 Å². The van der Waals surface area contributed by atoms with Crippen molar-refractivity contribution in [1.82, 2.24) is 10.5 Å². The van der Waals surface area contributed by atoms with Crippen LogP contribution in [0.25, 0.3) is 11.3 Å². The van der Waals surface area contributed by atoms with Gasteiger partial charge in [-0.25, -0.2) is 0 Å². The summed E-state index contributed by atoms with van der Waals surface area (Å²) in [5.74, 6) is 2.21. The van der Waals surface area contributed by atoms with Crippen LogP contribution in [0.2, 0.25) is 0 Å². The number of carbonyl (C=O) groups is 1. The zero-order chi connectivity index (χ0) is 19.1. The van der Waals surface area contributed by atoms with Crippen LogP contribution in [0.15, 0.2) is 59.1 Å². The third-order valence-corrected chi connectivity index (χ3v) is 4.20. The van der Waals surface area contributed by atoms with Crippen molar-refractivity contribution in [2.75, 3.05) is 14.2 Å². The number of carbonyl (C=O) groups excluding carboxylic acids is 1. The molecule has 2 aromatic carbocycles. The lowest BCUT2D eigenvalue weighted by Crippen LogP contribution is -2.23. The molecular weight excluding hydrogens is 344 g/mol. The molecule has 0 atom stereocenters. The molecule has 27 heavy (non-hydrogen) atoms. The molecule has 0 spiro atoms. The zero-order valence-electron chi connectivity index (χ0n) is 15.4. The second-order valence-corrected chi connectivity index (χ2v) is 6.04. The molecule has 1 heterocycles. The first-order valence-electron chi connectivity index (χ1n) is 8.67. The van der Waals surface area contributed by atoms with Crippen molar-refractivity contribution < 1.29 is 18.8 Å². The van der Waals surface area contributed by atoms with E-state index in [1.807, 2.05) is 54.6 Å². The van der Waals surface area contributed by atoms with Gasteiger partial charge in [0.25, 0.3) is 0 Å². The molecule has 0 fully saturated rings. The Hall–Kier alpha value is -3.28. The number of methoxy groups -OCH3 is 2. The molecule has 3 aromatic rings. The Morgan fingerprint density at radius 2 is 1.63 bits per heavy atom. The SMILES string of the molecule is COc1ccc(CCC(=O)NCc2cc(-c3ccc(OC)cc3)on2)cc1. The predicted octanol–water partition coefficient (Wildman–Crippen LogP) is 3.61. The first-order valence-corrected chi connectivity index (χ1v) is 8.67. The maximum Gasteiger partial charge on any atom is 0.220 e. The van der Waals surface area contributed by atoms with Gasteiger partial charge in [-0.15, -0.1) is 0 Å². The molecule has 0 aliphatic rings. The summed E-state index contributed by atoms with van der Waals surface area (Å²) in [5.41, 5.74) is 2.67. The molecule has 6 heteroatoms. The molecule has 0 bridgehead atoms. The molecule has 0 aliphatic heterocycles. The van der Waals surface area contributed by atoms with Gasteiger partial charge in [-0.05, 0) is 48.4 Å². The highest BCUT2D eigenvalue weighted by Crippen LogP contribution is 2.23. The van der Waals surface area contributed by atoms with E-state index in [0.717, 1.165) is 22.6 Å². The van der Waals surface area contributed by atoms with Crippen molar-refractivity contribution in [2.24, 2.45) is 0 Å². The van der Waals surface area contributed by atoms with E-state index >= 15 is 0 Å². The van der Waals surface area contributed by atoms with E-state index in [1.165, 1.54) is 0 Å². The summed E-state index contributed by atoms with van der Waals surface area (Å²) < 4.78 is 15.6. The van der Waals surface area contributed by atoms with Gasteiger partial charge in [-0.1, -0.05) is 17.3 Å². The van der Waals surface area contributed by atoms with Crippen molar-refractivity contribution in [1.29, 1.82) is 0 Å². The smallest absolute Gasteiger partial charge is 0.220 e. The Balaban J connectivity index is 1.47. The molecule has 0 unspecified atom stereocenters. The normalized spacial score (nSPS) is 10.4. The van der Waals surface area contributed by atoms with Crippen molar-refractivity contribution in [3.05, 3.63) is 65.9 Å². The summed E-state index contributed by atoms with van der Waals surface area (Å²) in [5, 5.41) is 6.88. The number of rotatable bonds is 8. The van der Waals surface area contributed by atoms with Gasteiger partial charge in [0.15, 0.2) is 5.76 Å². The van der Waals surface area contributed by atoms with Crippen LogP contribution in [0.1, 0.15) is 17.7 Å². The first-order chi connectivity index (χ1) is 13.2. The summed E-state index contributed by atoms with van der Waals surface area (Å²) in [6.07, 6.45) is 1.08. The van der Waals surface area contributed by atoms with Crippen LogP contribution in [0.5, 0.6) is 11.5 Å². The molecule has 1 amide bonds. The maximum absolute atomic E-state index is 12.1. The highest BCUT2D eigenvalue weighted by molar-refractivity contribution is 5.76. The Morgan fingerprint density at radius 3 is 2.26 bits per heavy atom. The lowest BCUT2D eigenvalue weighted by Gasteiger charge is -2.04. The fourth-order valence-corrected chi connectivity index (χ4v) is 2.61. The number of amides is 1. The van der Waals surface area contributed by atoms with Crippen molar-refractivity contribution >= 4 is 5.91 Å². The summed E-state index contributed by atoms with van der Waals surface area (Å²) in [6, 6.07) is 17.1. The Bertz CT molecular complexity index is 870. The number of nitrogens with zero attached hydrogens (tertiary/aromatic N) is 1. The average Bonchev–Trinajstić information content (AvgIpc) is 3.20. The fraction of sp³-hybridized carbons (Fsp3) is 0.238. The van der Waals surface area contributed by atoms with Gasteiger partial charge in [0, 0.05) is 18.1 Å². The molecule has 1 N–H and O–H groups in total. The molecule has 6 nitrogen and oxygen atoms in total. The minimum absolute atomic E-state index is 0.0279. The van der Waals surface area contributed by atoms with Crippen LogP contribution < -0.4 is 14.8 Å². The molecular formula is C21H22N2O4. The number of nitrogens with one attached hydrogen (secondary N) is 1. The van der Waals surface area contributed by atoms with Crippen molar-refractivity contribution in [2.45, 2.75) is 19.4 Å². The third-order valence-electron chi connectivity index (χ3n) is 4.20. The summed E-state index contributed by atoms with van der Waals surface area (Å²) >= 11 is 0. The number of hydrogen-bond donors (Lipinski definition) is 1. The number of aromatic nitrogens is 1. The number of hydrogen-bond acceptors (Lipinski definition) is 5. The van der Waals surface area contributed by atoms with Crippen LogP contribution >= 0.6 is 0 Å². The van der Waals surface area contributed by atoms with Gasteiger partial charge >= 0.3 is 0 Å². The second kappa shape index (κ2) is 8.89. The van der Waals surface area contributed by atoms with E-state index in [1.54, 1.807) is 14.2 Å². The number of ether oxygens (including phenoxy) is 2. The molecule has 1 aromatic heterocycles. The largest absolute Gasteiger partial charge is 0.497 e. The minimum Gasteiger partial charge on any atom is -0.497 e. The molecule has 0 radical (unpaired) electrons. The lowest BCUT2D eigenvalue weighted by molar-refractivity contribution is -0.121. The van der Waals surface area contributed by atoms with Crippen LogP contribution in [0.4, 0.5) is 0 Å². The molecule has 0 aliphatic carbocycles. The molecule has 0 saturated heterocycles. The van der Waals surface area contributed by atoms with E-state index in [4.69, 9.17) is 14.0 Å². The molecule has 3 rings (SSSR count). The second-order valence-electron chi connectivity index (χ2n) is 6.04. The topological polar surface area (TPSA) is 73.6 Å². The van der Waals surface area contributed by atoms with Gasteiger partial charge in [0.2, 0.25) is 5.91 Å². The fourth-order valence-electron chi connectivity index (χ4n) is 2.61. The Kier molecular flexibility index (Phi) is 6.10. The lowest BCUT2D eigenvalue weighted by atomic mass is 10.1. The summed E-state index contributed by atoms with van der Waals surface area (Å²) in [6.45, 7) is 0.334. The van der Waals surface area contributed by atoms with Crippen LogP contribution in [-0.4, -0.2) is 25.3 Å². The van der Waals surface area contributed by atoms with Gasteiger partial charge < -0.3 is 19.3 Å². The van der Waals surface area contributed by atoms with E-state index in [-0.39, 0.29) is 5.91 Å². The van der Waals surface area contributed by atoms with Gasteiger partial charge in [0.05, 0.1) is 20.8 Å². The summed E-state index contributed by atoms with van der Waals surface area (Å²) in [4.78, 5) is 12.1. The summed E-state index contributed by atoms with van der Waals surface area (Å²) in [7, 11) is 3.26. The highest BCUT2D eigenvalue weighted by Gasteiger charge is 2.09. The van der Waals surface area contributed by atoms with Crippen LogP contribution in [-0.2, 0) is 17.8 Å². The van der Waals surface area contributed by atoms with Gasteiger partial charge in [-0.2, -0.15) is 0 Å². The highest BCUT2D eigenvalue weighted by atomic mass is 16.5.